The summed E-state index contributed by atoms with van der Waals surface area (Å²) >= 11 is 3.20. The van der Waals surface area contributed by atoms with Gasteiger partial charge in [0.05, 0.1) is 12.7 Å². The first-order valence-electron chi connectivity index (χ1n) is 5.40. The lowest BCUT2D eigenvalue weighted by Crippen LogP contribution is -2.01. The van der Waals surface area contributed by atoms with Gasteiger partial charge in [-0.05, 0) is 23.8 Å². The number of benzene rings is 2. The van der Waals surface area contributed by atoms with Crippen LogP contribution in [-0.2, 0) is 0 Å². The van der Waals surface area contributed by atoms with Gasteiger partial charge in [0.15, 0.2) is 11.6 Å². The minimum absolute atomic E-state index is 0.0292. The Kier molecular flexibility index (Phi) is 3.85. The number of aromatic carboxylic acids is 1. The van der Waals surface area contributed by atoms with Crippen molar-refractivity contribution in [3.8, 4) is 16.9 Å². The van der Waals surface area contributed by atoms with Gasteiger partial charge in [-0.2, -0.15) is 0 Å². The van der Waals surface area contributed by atoms with E-state index in [1.165, 1.54) is 25.3 Å². The molecule has 0 heterocycles. The van der Waals surface area contributed by atoms with Crippen molar-refractivity contribution < 1.29 is 19.0 Å². The van der Waals surface area contributed by atoms with Gasteiger partial charge in [0, 0.05) is 10.0 Å². The van der Waals surface area contributed by atoms with Gasteiger partial charge >= 0.3 is 5.97 Å². The molecule has 0 fully saturated rings. The van der Waals surface area contributed by atoms with Crippen LogP contribution in [0.2, 0.25) is 0 Å². The van der Waals surface area contributed by atoms with Crippen LogP contribution in [-0.4, -0.2) is 18.2 Å². The first-order valence-corrected chi connectivity index (χ1v) is 6.19. The fourth-order valence-electron chi connectivity index (χ4n) is 1.80. The largest absolute Gasteiger partial charge is 0.494 e. The van der Waals surface area contributed by atoms with Crippen molar-refractivity contribution in [1.29, 1.82) is 0 Å². The van der Waals surface area contributed by atoms with Gasteiger partial charge in [0.25, 0.3) is 0 Å². The molecule has 2 aromatic carbocycles. The van der Waals surface area contributed by atoms with E-state index in [4.69, 9.17) is 4.74 Å². The number of rotatable bonds is 3. The van der Waals surface area contributed by atoms with Crippen LogP contribution in [0.4, 0.5) is 4.39 Å². The summed E-state index contributed by atoms with van der Waals surface area (Å²) in [7, 11) is 1.36. The summed E-state index contributed by atoms with van der Waals surface area (Å²) < 4.78 is 19.7. The zero-order valence-corrected chi connectivity index (χ0v) is 11.6. The van der Waals surface area contributed by atoms with Crippen molar-refractivity contribution in [3.05, 3.63) is 52.3 Å². The van der Waals surface area contributed by atoms with Crippen LogP contribution in [0, 0.1) is 5.82 Å². The number of halogens is 2. The van der Waals surface area contributed by atoms with E-state index in [0.717, 1.165) is 0 Å². The number of methoxy groups -OCH3 is 1. The summed E-state index contributed by atoms with van der Waals surface area (Å²) in [4.78, 5) is 11.2. The van der Waals surface area contributed by atoms with Gasteiger partial charge in [0.2, 0.25) is 0 Å². The van der Waals surface area contributed by atoms with Gasteiger partial charge in [-0.3, -0.25) is 0 Å². The second kappa shape index (κ2) is 5.40. The number of carboxylic acids is 1. The van der Waals surface area contributed by atoms with Crippen molar-refractivity contribution in [1.82, 2.24) is 0 Å². The Balaban J connectivity index is 2.69. The summed E-state index contributed by atoms with van der Waals surface area (Å²) in [5, 5.41) is 9.19. The highest BCUT2D eigenvalue weighted by atomic mass is 79.9. The van der Waals surface area contributed by atoms with E-state index in [2.05, 4.69) is 15.9 Å². The third-order valence-corrected chi connectivity index (χ3v) is 3.18. The average molecular weight is 325 g/mol. The molecule has 0 aromatic heterocycles. The van der Waals surface area contributed by atoms with Crippen LogP contribution in [0.25, 0.3) is 11.1 Å². The van der Waals surface area contributed by atoms with Crippen molar-refractivity contribution in [2.45, 2.75) is 0 Å². The molecule has 19 heavy (non-hydrogen) atoms. The first-order chi connectivity index (χ1) is 9.04. The van der Waals surface area contributed by atoms with Crippen LogP contribution in [0.15, 0.2) is 40.9 Å². The molecule has 2 aromatic rings. The summed E-state index contributed by atoms with van der Waals surface area (Å²) in [6, 6.07) is 9.29. The van der Waals surface area contributed by atoms with Gasteiger partial charge in [-0.15, -0.1) is 0 Å². The Hall–Kier alpha value is -1.88. The Morgan fingerprint density at radius 3 is 2.63 bits per heavy atom. The number of hydrogen-bond acceptors (Lipinski definition) is 2. The van der Waals surface area contributed by atoms with E-state index in [9.17, 15) is 14.3 Å². The van der Waals surface area contributed by atoms with E-state index in [1.807, 2.05) is 0 Å². The van der Waals surface area contributed by atoms with Crippen molar-refractivity contribution in [3.63, 3.8) is 0 Å². The molecule has 0 aliphatic rings. The molecule has 0 amide bonds. The molecule has 5 heteroatoms. The molecule has 0 radical (unpaired) electrons. The molecule has 0 atom stereocenters. The Morgan fingerprint density at radius 1 is 1.26 bits per heavy atom. The number of hydrogen-bond donors (Lipinski definition) is 1. The molecule has 0 aliphatic carbocycles. The van der Waals surface area contributed by atoms with E-state index >= 15 is 0 Å². The third-order valence-electron chi connectivity index (χ3n) is 2.69. The summed E-state index contributed by atoms with van der Waals surface area (Å²) in [5.41, 5.74) is 0.540. The van der Waals surface area contributed by atoms with Crippen LogP contribution in [0.5, 0.6) is 5.75 Å². The van der Waals surface area contributed by atoms with Crippen molar-refractivity contribution >= 4 is 21.9 Å². The van der Waals surface area contributed by atoms with Gasteiger partial charge < -0.3 is 9.84 Å². The second-order valence-electron chi connectivity index (χ2n) is 3.82. The van der Waals surface area contributed by atoms with E-state index in [-0.39, 0.29) is 16.9 Å². The maximum absolute atomic E-state index is 14.2. The third kappa shape index (κ3) is 2.61. The van der Waals surface area contributed by atoms with E-state index in [0.29, 0.717) is 10.0 Å². The first kappa shape index (κ1) is 13.5. The van der Waals surface area contributed by atoms with Crippen LogP contribution < -0.4 is 4.74 Å². The lowest BCUT2D eigenvalue weighted by atomic mass is 9.99. The summed E-state index contributed by atoms with van der Waals surface area (Å²) in [6.07, 6.45) is 0. The van der Waals surface area contributed by atoms with Crippen LogP contribution in [0.1, 0.15) is 10.4 Å². The van der Waals surface area contributed by atoms with Crippen molar-refractivity contribution in [2.24, 2.45) is 0 Å². The second-order valence-corrected chi connectivity index (χ2v) is 4.73. The molecule has 0 saturated heterocycles. The lowest BCUT2D eigenvalue weighted by molar-refractivity contribution is 0.0697. The van der Waals surface area contributed by atoms with Crippen LogP contribution in [0.3, 0.4) is 0 Å². The standard InChI is InChI=1S/C14H10BrFO3/c1-19-12-4-2-3-10(13(12)16)9-6-5-8(15)7-11(9)14(17)18/h2-7H,1H3,(H,17,18). The summed E-state index contributed by atoms with van der Waals surface area (Å²) in [6.45, 7) is 0. The maximum atomic E-state index is 14.2. The predicted octanol–water partition coefficient (Wildman–Crippen LogP) is 3.96. The van der Waals surface area contributed by atoms with Crippen molar-refractivity contribution in [2.75, 3.05) is 7.11 Å². The number of carbonyl (C=O) groups is 1. The smallest absolute Gasteiger partial charge is 0.336 e. The van der Waals surface area contributed by atoms with Gasteiger partial charge in [-0.25, -0.2) is 9.18 Å². The molecule has 0 spiro atoms. The minimum atomic E-state index is -1.11. The highest BCUT2D eigenvalue weighted by molar-refractivity contribution is 9.10. The number of carboxylic acid groups (broad SMARTS) is 1. The molecule has 2 rings (SSSR count). The van der Waals surface area contributed by atoms with Gasteiger partial charge in [0.1, 0.15) is 0 Å². The van der Waals surface area contributed by atoms with E-state index < -0.39 is 11.8 Å². The molecule has 0 bridgehead atoms. The maximum Gasteiger partial charge on any atom is 0.336 e. The molecule has 0 unspecified atom stereocenters. The topological polar surface area (TPSA) is 46.5 Å². The average Bonchev–Trinajstić information content (AvgIpc) is 2.39. The van der Waals surface area contributed by atoms with Crippen LogP contribution >= 0.6 is 15.9 Å². The molecule has 0 saturated carbocycles. The Bertz CT molecular complexity index is 641. The normalized spacial score (nSPS) is 10.3. The molecule has 98 valence electrons. The van der Waals surface area contributed by atoms with Gasteiger partial charge in [-0.1, -0.05) is 34.1 Å². The molecule has 0 aliphatic heterocycles. The molecule has 3 nitrogen and oxygen atoms in total. The molecular formula is C14H10BrFO3. The fourth-order valence-corrected chi connectivity index (χ4v) is 2.17. The zero-order chi connectivity index (χ0) is 14.0. The fraction of sp³-hybridized carbons (Fsp3) is 0.0714. The minimum Gasteiger partial charge on any atom is -0.494 e. The Labute approximate surface area is 117 Å². The van der Waals surface area contributed by atoms with E-state index in [1.54, 1.807) is 18.2 Å². The molecular weight excluding hydrogens is 315 g/mol. The SMILES string of the molecule is COc1cccc(-c2ccc(Br)cc2C(=O)O)c1F. The highest BCUT2D eigenvalue weighted by Crippen LogP contribution is 2.32. The predicted molar refractivity (Wildman–Crippen MR) is 73.0 cm³/mol. The quantitative estimate of drug-likeness (QED) is 0.929. The highest BCUT2D eigenvalue weighted by Gasteiger charge is 2.17. The lowest BCUT2D eigenvalue weighted by Gasteiger charge is -2.10. The summed E-state index contributed by atoms with van der Waals surface area (Å²) in [5.74, 6) is -1.61. The molecule has 1 N–H and O–H groups in total. The zero-order valence-electron chi connectivity index (χ0n) is 9.98. The Morgan fingerprint density at radius 2 is 2.00 bits per heavy atom. The number of ether oxygens (including phenoxy) is 1. The monoisotopic (exact) mass is 324 g/mol.